The van der Waals surface area contributed by atoms with E-state index in [1.54, 1.807) is 18.2 Å². The number of aryl methyl sites for hydroxylation is 2. The van der Waals surface area contributed by atoms with E-state index >= 15 is 0 Å². The first-order valence-electron chi connectivity index (χ1n) is 5.67. The number of hydrogen-bond acceptors (Lipinski definition) is 2. The second-order valence-corrected chi connectivity index (χ2v) is 4.19. The molecule has 1 aromatic carbocycles. The largest absolute Gasteiger partial charge is 0.478 e. The third-order valence-electron chi connectivity index (χ3n) is 3.18. The number of rotatable bonds is 2. The number of carbonyl (C=O) groups is 1. The van der Waals surface area contributed by atoms with E-state index in [1.807, 2.05) is 13.8 Å². The van der Waals surface area contributed by atoms with Gasteiger partial charge in [-0.05, 0) is 49.6 Å². The van der Waals surface area contributed by atoms with Gasteiger partial charge in [-0.25, -0.2) is 4.79 Å². The van der Waals surface area contributed by atoms with Crippen molar-refractivity contribution < 1.29 is 9.90 Å². The molecule has 0 radical (unpaired) electrons. The molecule has 2 rings (SSSR count). The summed E-state index contributed by atoms with van der Waals surface area (Å²) in [5.41, 5.74) is 4.55. The normalized spacial score (nSPS) is 10.8. The van der Waals surface area contributed by atoms with E-state index in [-0.39, 0.29) is 0 Å². The zero-order valence-electron chi connectivity index (χ0n) is 10.2. The van der Waals surface area contributed by atoms with Gasteiger partial charge in [-0.1, -0.05) is 6.92 Å². The van der Waals surface area contributed by atoms with Gasteiger partial charge in [-0.15, -0.1) is 0 Å². The molecule has 0 aliphatic carbocycles. The van der Waals surface area contributed by atoms with E-state index in [0.717, 1.165) is 28.6 Å². The Morgan fingerprint density at radius 1 is 1.35 bits per heavy atom. The summed E-state index contributed by atoms with van der Waals surface area (Å²) < 4.78 is 0. The predicted molar refractivity (Wildman–Crippen MR) is 67.6 cm³/mol. The summed E-state index contributed by atoms with van der Waals surface area (Å²) in [5.74, 6) is -0.898. The van der Waals surface area contributed by atoms with Crippen LogP contribution in [0.4, 0.5) is 0 Å². The second kappa shape index (κ2) is 4.17. The molecule has 0 atom stereocenters. The van der Waals surface area contributed by atoms with Gasteiger partial charge in [-0.2, -0.15) is 0 Å². The Balaban J connectivity index is 2.80. The van der Waals surface area contributed by atoms with Crippen molar-refractivity contribution in [2.24, 2.45) is 0 Å². The Labute approximate surface area is 100 Å². The van der Waals surface area contributed by atoms with Crippen LogP contribution in [0.25, 0.3) is 10.9 Å². The minimum absolute atomic E-state index is 0.313. The number of benzene rings is 1. The van der Waals surface area contributed by atoms with Crippen molar-refractivity contribution >= 4 is 16.9 Å². The first kappa shape index (κ1) is 11.6. The van der Waals surface area contributed by atoms with Crippen LogP contribution in [-0.2, 0) is 6.42 Å². The summed E-state index contributed by atoms with van der Waals surface area (Å²) >= 11 is 0. The fourth-order valence-electron chi connectivity index (χ4n) is 2.27. The number of fused-ring (bicyclic) bond motifs is 1. The van der Waals surface area contributed by atoms with Crippen LogP contribution in [0.5, 0.6) is 0 Å². The Morgan fingerprint density at radius 2 is 2.06 bits per heavy atom. The standard InChI is InChI=1S/C14H15NO2/c1-4-11-8(2)12-7-10(14(16)17)5-6-13(12)15-9(11)3/h5-7H,4H2,1-3H3,(H,16,17). The number of carboxylic acids is 1. The summed E-state index contributed by atoms with van der Waals surface area (Å²) in [6, 6.07) is 5.08. The van der Waals surface area contributed by atoms with Crippen molar-refractivity contribution in [1.82, 2.24) is 4.98 Å². The number of nitrogens with zero attached hydrogens (tertiary/aromatic N) is 1. The molecular weight excluding hydrogens is 214 g/mol. The van der Waals surface area contributed by atoms with Gasteiger partial charge in [-0.3, -0.25) is 4.98 Å². The highest BCUT2D eigenvalue weighted by atomic mass is 16.4. The molecule has 0 unspecified atom stereocenters. The van der Waals surface area contributed by atoms with Crippen molar-refractivity contribution in [1.29, 1.82) is 0 Å². The third-order valence-corrected chi connectivity index (χ3v) is 3.18. The van der Waals surface area contributed by atoms with Crippen LogP contribution in [0.1, 0.15) is 34.1 Å². The lowest BCUT2D eigenvalue weighted by molar-refractivity contribution is 0.0697. The van der Waals surface area contributed by atoms with E-state index in [1.165, 1.54) is 5.56 Å². The summed E-state index contributed by atoms with van der Waals surface area (Å²) in [7, 11) is 0. The molecule has 0 amide bonds. The molecule has 1 heterocycles. The molecule has 88 valence electrons. The van der Waals surface area contributed by atoms with Crippen molar-refractivity contribution in [2.45, 2.75) is 27.2 Å². The summed E-state index contributed by atoms with van der Waals surface area (Å²) in [6.07, 6.45) is 0.915. The van der Waals surface area contributed by atoms with E-state index in [0.29, 0.717) is 5.56 Å². The molecule has 0 saturated heterocycles. The third kappa shape index (κ3) is 1.88. The summed E-state index contributed by atoms with van der Waals surface area (Å²) in [5, 5.41) is 9.93. The highest BCUT2D eigenvalue weighted by Gasteiger charge is 2.10. The van der Waals surface area contributed by atoms with Crippen LogP contribution in [0.15, 0.2) is 18.2 Å². The maximum absolute atomic E-state index is 11.0. The monoisotopic (exact) mass is 229 g/mol. The fourth-order valence-corrected chi connectivity index (χ4v) is 2.27. The van der Waals surface area contributed by atoms with E-state index in [9.17, 15) is 4.79 Å². The molecule has 0 aliphatic heterocycles. The molecule has 17 heavy (non-hydrogen) atoms. The Hall–Kier alpha value is -1.90. The summed E-state index contributed by atoms with van der Waals surface area (Å²) in [4.78, 5) is 15.5. The maximum Gasteiger partial charge on any atom is 0.335 e. The molecule has 0 aliphatic rings. The average Bonchev–Trinajstić information content (AvgIpc) is 2.29. The van der Waals surface area contributed by atoms with E-state index in [2.05, 4.69) is 11.9 Å². The van der Waals surface area contributed by atoms with Crippen molar-refractivity contribution in [3.63, 3.8) is 0 Å². The van der Waals surface area contributed by atoms with Crippen LogP contribution in [0.2, 0.25) is 0 Å². The first-order chi connectivity index (χ1) is 8.04. The van der Waals surface area contributed by atoms with Gasteiger partial charge in [0.2, 0.25) is 0 Å². The number of aromatic carboxylic acids is 1. The SMILES string of the molecule is CCc1c(C)nc2ccc(C(=O)O)cc2c1C. The average molecular weight is 229 g/mol. The summed E-state index contributed by atoms with van der Waals surface area (Å²) in [6.45, 7) is 6.11. The van der Waals surface area contributed by atoms with Gasteiger partial charge in [0, 0.05) is 11.1 Å². The van der Waals surface area contributed by atoms with E-state index in [4.69, 9.17) is 5.11 Å². The minimum Gasteiger partial charge on any atom is -0.478 e. The van der Waals surface area contributed by atoms with Crippen molar-refractivity contribution in [3.05, 3.63) is 40.6 Å². The molecule has 3 nitrogen and oxygen atoms in total. The highest BCUT2D eigenvalue weighted by molar-refractivity contribution is 5.94. The molecule has 1 N–H and O–H groups in total. The van der Waals surface area contributed by atoms with Gasteiger partial charge in [0.05, 0.1) is 11.1 Å². The van der Waals surface area contributed by atoms with Crippen LogP contribution >= 0.6 is 0 Å². The number of pyridine rings is 1. The van der Waals surface area contributed by atoms with Gasteiger partial charge < -0.3 is 5.11 Å². The van der Waals surface area contributed by atoms with Crippen molar-refractivity contribution in [3.8, 4) is 0 Å². The van der Waals surface area contributed by atoms with Crippen molar-refractivity contribution in [2.75, 3.05) is 0 Å². The zero-order valence-corrected chi connectivity index (χ0v) is 10.2. The number of hydrogen-bond donors (Lipinski definition) is 1. The Kier molecular flexibility index (Phi) is 2.84. The highest BCUT2D eigenvalue weighted by Crippen LogP contribution is 2.24. The lowest BCUT2D eigenvalue weighted by Crippen LogP contribution is -2.00. The Bertz CT molecular complexity index is 603. The van der Waals surface area contributed by atoms with E-state index < -0.39 is 5.97 Å². The first-order valence-corrected chi connectivity index (χ1v) is 5.67. The topological polar surface area (TPSA) is 50.2 Å². The lowest BCUT2D eigenvalue weighted by Gasteiger charge is -2.11. The fraction of sp³-hybridized carbons (Fsp3) is 0.286. The van der Waals surface area contributed by atoms with Gasteiger partial charge in [0.15, 0.2) is 0 Å². The second-order valence-electron chi connectivity index (χ2n) is 4.19. The molecule has 0 saturated carbocycles. The molecule has 0 spiro atoms. The van der Waals surface area contributed by atoms with Gasteiger partial charge in [0.25, 0.3) is 0 Å². The van der Waals surface area contributed by atoms with Crippen LogP contribution in [0, 0.1) is 13.8 Å². The molecular formula is C14H15NO2. The smallest absolute Gasteiger partial charge is 0.335 e. The number of aromatic nitrogens is 1. The predicted octanol–water partition coefficient (Wildman–Crippen LogP) is 3.11. The maximum atomic E-state index is 11.0. The molecule has 0 fully saturated rings. The minimum atomic E-state index is -0.898. The molecule has 1 aromatic heterocycles. The quantitative estimate of drug-likeness (QED) is 0.860. The zero-order chi connectivity index (χ0) is 12.6. The lowest BCUT2D eigenvalue weighted by atomic mass is 9.99. The van der Waals surface area contributed by atoms with Gasteiger partial charge in [0.1, 0.15) is 0 Å². The van der Waals surface area contributed by atoms with Crippen LogP contribution in [0.3, 0.4) is 0 Å². The van der Waals surface area contributed by atoms with Crippen LogP contribution in [-0.4, -0.2) is 16.1 Å². The Morgan fingerprint density at radius 3 is 2.65 bits per heavy atom. The number of carboxylic acid groups (broad SMARTS) is 1. The molecule has 0 bridgehead atoms. The van der Waals surface area contributed by atoms with Crippen LogP contribution < -0.4 is 0 Å². The molecule has 3 heteroatoms. The van der Waals surface area contributed by atoms with Gasteiger partial charge >= 0.3 is 5.97 Å². The molecule has 2 aromatic rings.